The minimum atomic E-state index is -0.144. The number of aryl methyl sites for hydroxylation is 1. The Balaban J connectivity index is 0.00000304. The topological polar surface area (TPSA) is 59.7 Å². The number of ether oxygens (including phenoxy) is 1. The average Bonchev–Trinajstić information content (AvgIpc) is 3.14. The number of carbonyl (C=O) groups is 1. The summed E-state index contributed by atoms with van der Waals surface area (Å²) in [5.74, 6) is 0.698. The van der Waals surface area contributed by atoms with E-state index in [1.54, 1.807) is 10.8 Å². The highest BCUT2D eigenvalue weighted by Crippen LogP contribution is 2.31. The maximum atomic E-state index is 12.9. The van der Waals surface area contributed by atoms with Gasteiger partial charge in [0.1, 0.15) is 12.4 Å². The standard InChI is InChI=1S/C28H30N4O3.ClH/c1-29(2)18-28(34)31-13-12-25-24(17-31)23-10-9-21(15-26(23)30(25)3)32-14-11-22(16-27(32)33)35-19-20-7-5-4-6-8-20;/h4-11,14-16H,12-13,17-19H2,1-3H3;1H. The molecule has 0 spiro atoms. The molecule has 4 aromatic rings. The summed E-state index contributed by atoms with van der Waals surface area (Å²) in [5, 5.41) is 1.13. The fraction of sp³-hybridized carbons (Fsp3) is 0.286. The second-order valence-electron chi connectivity index (χ2n) is 9.33. The van der Waals surface area contributed by atoms with Gasteiger partial charge in [0.25, 0.3) is 5.56 Å². The first kappa shape index (κ1) is 25.5. The fourth-order valence-electron chi connectivity index (χ4n) is 4.80. The van der Waals surface area contributed by atoms with Gasteiger partial charge in [-0.3, -0.25) is 14.2 Å². The molecule has 7 nitrogen and oxygen atoms in total. The van der Waals surface area contributed by atoms with E-state index in [4.69, 9.17) is 4.74 Å². The van der Waals surface area contributed by atoms with Crippen molar-refractivity contribution in [3.05, 3.63) is 94.0 Å². The third kappa shape index (κ3) is 5.03. The number of carbonyl (C=O) groups excluding carboxylic acids is 1. The molecule has 36 heavy (non-hydrogen) atoms. The number of hydrogen-bond donors (Lipinski definition) is 0. The molecule has 0 saturated heterocycles. The lowest BCUT2D eigenvalue weighted by Gasteiger charge is -2.29. The molecule has 5 rings (SSSR count). The van der Waals surface area contributed by atoms with Crippen LogP contribution in [0.1, 0.15) is 16.8 Å². The minimum absolute atomic E-state index is 0. The highest BCUT2D eigenvalue weighted by atomic mass is 35.5. The molecule has 0 aliphatic carbocycles. The number of nitrogens with zero attached hydrogens (tertiary/aromatic N) is 4. The first-order chi connectivity index (χ1) is 16.9. The number of likely N-dealkylation sites (N-methyl/N-ethyl adjacent to an activating group) is 1. The first-order valence-corrected chi connectivity index (χ1v) is 11.8. The number of benzene rings is 2. The Morgan fingerprint density at radius 3 is 2.56 bits per heavy atom. The molecule has 3 heterocycles. The maximum absolute atomic E-state index is 12.9. The molecule has 1 aliphatic rings. The van der Waals surface area contributed by atoms with Crippen molar-refractivity contribution >= 4 is 29.2 Å². The van der Waals surface area contributed by atoms with Crippen molar-refractivity contribution in [2.45, 2.75) is 19.6 Å². The molecule has 0 saturated carbocycles. The van der Waals surface area contributed by atoms with Crippen LogP contribution in [0.25, 0.3) is 16.6 Å². The van der Waals surface area contributed by atoms with Gasteiger partial charge in [0.15, 0.2) is 0 Å². The Morgan fingerprint density at radius 2 is 1.83 bits per heavy atom. The summed E-state index contributed by atoms with van der Waals surface area (Å²) < 4.78 is 9.64. The van der Waals surface area contributed by atoms with Crippen LogP contribution in [0, 0.1) is 0 Å². The van der Waals surface area contributed by atoms with Crippen LogP contribution in [0.2, 0.25) is 0 Å². The van der Waals surface area contributed by atoms with E-state index in [0.29, 0.717) is 25.4 Å². The molecule has 8 heteroatoms. The van der Waals surface area contributed by atoms with E-state index >= 15 is 0 Å². The quantitative estimate of drug-likeness (QED) is 0.399. The van der Waals surface area contributed by atoms with E-state index in [9.17, 15) is 9.59 Å². The summed E-state index contributed by atoms with van der Waals surface area (Å²) >= 11 is 0. The van der Waals surface area contributed by atoms with Gasteiger partial charge in [0.2, 0.25) is 5.91 Å². The third-order valence-corrected chi connectivity index (χ3v) is 6.61. The monoisotopic (exact) mass is 506 g/mol. The summed E-state index contributed by atoms with van der Waals surface area (Å²) in [6.07, 6.45) is 2.58. The van der Waals surface area contributed by atoms with Crippen LogP contribution in [0.15, 0.2) is 71.7 Å². The molecular weight excluding hydrogens is 476 g/mol. The smallest absolute Gasteiger partial charge is 0.258 e. The van der Waals surface area contributed by atoms with Crippen LogP contribution in [0.4, 0.5) is 0 Å². The zero-order valence-corrected chi connectivity index (χ0v) is 21.6. The van der Waals surface area contributed by atoms with E-state index in [2.05, 4.69) is 17.7 Å². The molecular formula is C28H31ClN4O3. The lowest BCUT2D eigenvalue weighted by Crippen LogP contribution is -2.41. The van der Waals surface area contributed by atoms with Crippen molar-refractivity contribution in [2.24, 2.45) is 7.05 Å². The van der Waals surface area contributed by atoms with Gasteiger partial charge in [-0.05, 0) is 37.9 Å². The summed E-state index contributed by atoms with van der Waals surface area (Å²) in [5.41, 5.74) is 5.22. The SMILES string of the molecule is CN(C)CC(=O)N1CCc2c(c3ccc(-n4ccc(OCc5ccccc5)cc4=O)cc3n2C)C1.Cl. The van der Waals surface area contributed by atoms with E-state index in [1.165, 1.54) is 17.3 Å². The normalized spacial score (nSPS) is 12.9. The van der Waals surface area contributed by atoms with Crippen LogP contribution in [0.3, 0.4) is 0 Å². The van der Waals surface area contributed by atoms with Gasteiger partial charge in [-0.15, -0.1) is 12.4 Å². The Bertz CT molecular complexity index is 1440. The van der Waals surface area contributed by atoms with E-state index in [-0.39, 0.29) is 23.9 Å². The van der Waals surface area contributed by atoms with Crippen molar-refractivity contribution in [3.8, 4) is 11.4 Å². The molecule has 0 unspecified atom stereocenters. The molecule has 2 aromatic carbocycles. The lowest BCUT2D eigenvalue weighted by molar-refractivity contribution is -0.132. The molecule has 188 valence electrons. The number of pyridine rings is 1. The van der Waals surface area contributed by atoms with Gasteiger partial charge in [-0.25, -0.2) is 0 Å². The number of fused-ring (bicyclic) bond motifs is 3. The molecule has 2 aromatic heterocycles. The highest BCUT2D eigenvalue weighted by molar-refractivity contribution is 5.88. The maximum Gasteiger partial charge on any atom is 0.258 e. The van der Waals surface area contributed by atoms with E-state index < -0.39 is 0 Å². The number of amides is 1. The Morgan fingerprint density at radius 1 is 1.06 bits per heavy atom. The highest BCUT2D eigenvalue weighted by Gasteiger charge is 2.26. The van der Waals surface area contributed by atoms with Gasteiger partial charge in [-0.2, -0.15) is 0 Å². The van der Waals surface area contributed by atoms with Crippen molar-refractivity contribution in [1.29, 1.82) is 0 Å². The number of hydrogen-bond acceptors (Lipinski definition) is 4. The van der Waals surface area contributed by atoms with Gasteiger partial charge in [-0.1, -0.05) is 36.4 Å². The van der Waals surface area contributed by atoms with Crippen molar-refractivity contribution in [2.75, 3.05) is 27.2 Å². The molecule has 1 aliphatic heterocycles. The summed E-state index contributed by atoms with van der Waals surface area (Å²) in [4.78, 5) is 29.4. The second kappa shape index (κ2) is 10.6. The zero-order chi connectivity index (χ0) is 24.5. The van der Waals surface area contributed by atoms with Gasteiger partial charge in [0, 0.05) is 55.5 Å². The summed E-state index contributed by atoms with van der Waals surface area (Å²) in [6, 6.07) is 19.3. The Labute approximate surface area is 216 Å². The van der Waals surface area contributed by atoms with Crippen molar-refractivity contribution in [3.63, 3.8) is 0 Å². The van der Waals surface area contributed by atoms with Crippen molar-refractivity contribution in [1.82, 2.24) is 18.9 Å². The molecule has 0 bridgehead atoms. The molecule has 0 radical (unpaired) electrons. The predicted molar refractivity (Wildman–Crippen MR) is 144 cm³/mol. The fourth-order valence-corrected chi connectivity index (χ4v) is 4.80. The number of aromatic nitrogens is 2. The lowest BCUT2D eigenvalue weighted by atomic mass is 10.0. The Kier molecular flexibility index (Phi) is 7.52. The van der Waals surface area contributed by atoms with Crippen LogP contribution in [-0.4, -0.2) is 52.0 Å². The summed E-state index contributed by atoms with van der Waals surface area (Å²) in [7, 11) is 5.89. The van der Waals surface area contributed by atoms with Crippen LogP contribution < -0.4 is 10.3 Å². The average molecular weight is 507 g/mol. The van der Waals surface area contributed by atoms with Crippen LogP contribution in [0.5, 0.6) is 5.75 Å². The molecule has 0 fully saturated rings. The third-order valence-electron chi connectivity index (χ3n) is 6.61. The van der Waals surface area contributed by atoms with Crippen LogP contribution in [-0.2, 0) is 31.4 Å². The van der Waals surface area contributed by atoms with Gasteiger partial charge in [0.05, 0.1) is 17.7 Å². The number of halogens is 1. The van der Waals surface area contributed by atoms with Crippen molar-refractivity contribution < 1.29 is 9.53 Å². The van der Waals surface area contributed by atoms with E-state index in [0.717, 1.165) is 35.1 Å². The van der Waals surface area contributed by atoms with Crippen LogP contribution >= 0.6 is 12.4 Å². The molecule has 0 atom stereocenters. The van der Waals surface area contributed by atoms with E-state index in [1.807, 2.05) is 72.4 Å². The second-order valence-corrected chi connectivity index (χ2v) is 9.33. The van der Waals surface area contributed by atoms with Gasteiger partial charge >= 0.3 is 0 Å². The largest absolute Gasteiger partial charge is 0.489 e. The Hall–Kier alpha value is -3.55. The predicted octanol–water partition coefficient (Wildman–Crippen LogP) is 3.78. The molecule has 0 N–H and O–H groups in total. The summed E-state index contributed by atoms with van der Waals surface area (Å²) in [6.45, 7) is 2.17. The number of rotatable bonds is 6. The zero-order valence-electron chi connectivity index (χ0n) is 20.8. The van der Waals surface area contributed by atoms with Gasteiger partial charge < -0.3 is 19.1 Å². The first-order valence-electron chi connectivity index (χ1n) is 11.8. The molecule has 1 amide bonds. The minimum Gasteiger partial charge on any atom is -0.489 e.